The van der Waals surface area contributed by atoms with Gasteiger partial charge in [-0.05, 0) is 32.6 Å². The maximum absolute atomic E-state index is 14.5. The van der Waals surface area contributed by atoms with Gasteiger partial charge in [0, 0.05) is 56.0 Å². The highest BCUT2D eigenvalue weighted by Gasteiger charge is 2.44. The van der Waals surface area contributed by atoms with Gasteiger partial charge in [-0.2, -0.15) is 13.9 Å². The van der Waals surface area contributed by atoms with Crippen LogP contribution in [0.4, 0.5) is 14.7 Å². The molecule has 2 fully saturated rings. The number of halogens is 2. The molecule has 2 aliphatic heterocycles. The lowest BCUT2D eigenvalue weighted by Gasteiger charge is -2.39. The van der Waals surface area contributed by atoms with Crippen molar-refractivity contribution in [1.82, 2.24) is 24.6 Å². The standard InChI is InChI=1S/C21H28F2N6O/c1-14-3-9-28(14)20-25-18(17-2-6-21(22,23)19(17)26-20)15-12-24-29(13-15)16-4-7-27(8-5-16)10-11-30/h12-14,16,30H,2-11H2,1H3. The first-order chi connectivity index (χ1) is 14.5. The lowest BCUT2D eigenvalue weighted by atomic mass is 10.0. The fourth-order valence-electron chi connectivity index (χ4n) is 4.80. The molecule has 1 aliphatic carbocycles. The first-order valence-electron chi connectivity index (χ1n) is 10.9. The number of hydrogen-bond donors (Lipinski definition) is 1. The molecule has 3 aliphatic rings. The number of anilines is 1. The Bertz CT molecular complexity index is 924. The van der Waals surface area contributed by atoms with Crippen molar-refractivity contribution in [2.75, 3.05) is 37.7 Å². The van der Waals surface area contributed by atoms with Gasteiger partial charge >= 0.3 is 0 Å². The predicted octanol–water partition coefficient (Wildman–Crippen LogP) is 2.61. The number of nitrogens with zero attached hydrogens (tertiary/aromatic N) is 6. The van der Waals surface area contributed by atoms with Crippen LogP contribution in [0.3, 0.4) is 0 Å². The van der Waals surface area contributed by atoms with Crippen LogP contribution in [-0.4, -0.2) is 68.6 Å². The summed E-state index contributed by atoms with van der Waals surface area (Å²) in [5.74, 6) is -2.49. The van der Waals surface area contributed by atoms with E-state index < -0.39 is 5.92 Å². The minimum atomic E-state index is -2.90. The van der Waals surface area contributed by atoms with Crippen LogP contribution >= 0.6 is 0 Å². The maximum atomic E-state index is 14.5. The molecule has 2 aromatic heterocycles. The summed E-state index contributed by atoms with van der Waals surface area (Å²) in [5.41, 5.74) is 1.86. The van der Waals surface area contributed by atoms with Crippen LogP contribution in [-0.2, 0) is 12.3 Å². The zero-order chi connectivity index (χ0) is 20.9. The molecular formula is C21H28F2N6O. The number of β-amino-alcohol motifs (C(OH)–C–C–N with tert-alkyl or cyclic N) is 1. The smallest absolute Gasteiger partial charge is 0.290 e. The largest absolute Gasteiger partial charge is 0.395 e. The monoisotopic (exact) mass is 418 g/mol. The first-order valence-corrected chi connectivity index (χ1v) is 10.9. The van der Waals surface area contributed by atoms with Gasteiger partial charge in [-0.3, -0.25) is 4.68 Å². The van der Waals surface area contributed by atoms with Crippen molar-refractivity contribution in [2.45, 2.75) is 57.0 Å². The molecule has 162 valence electrons. The molecular weight excluding hydrogens is 390 g/mol. The molecule has 0 radical (unpaired) electrons. The number of alkyl halides is 2. The Balaban J connectivity index is 1.45. The van der Waals surface area contributed by atoms with Gasteiger partial charge in [0.05, 0.1) is 24.5 Å². The summed E-state index contributed by atoms with van der Waals surface area (Å²) < 4.78 is 31.0. The second-order valence-electron chi connectivity index (χ2n) is 8.74. The van der Waals surface area contributed by atoms with Gasteiger partial charge in [0.1, 0.15) is 5.69 Å². The fraction of sp³-hybridized carbons (Fsp3) is 0.667. The zero-order valence-electron chi connectivity index (χ0n) is 17.3. The molecule has 0 spiro atoms. The molecule has 9 heteroatoms. The molecule has 0 bridgehead atoms. The third kappa shape index (κ3) is 3.37. The average molecular weight is 418 g/mol. The third-order valence-electron chi connectivity index (χ3n) is 6.83. The quantitative estimate of drug-likeness (QED) is 0.805. The number of aliphatic hydroxyl groups is 1. The van der Waals surface area contributed by atoms with Gasteiger partial charge in [0.25, 0.3) is 5.92 Å². The third-order valence-corrected chi connectivity index (χ3v) is 6.83. The summed E-state index contributed by atoms with van der Waals surface area (Å²) in [7, 11) is 0. The van der Waals surface area contributed by atoms with Crippen molar-refractivity contribution in [1.29, 1.82) is 0 Å². The predicted molar refractivity (Wildman–Crippen MR) is 109 cm³/mol. The SMILES string of the molecule is CC1CCN1c1nc(-c2cnn(C3CCN(CCO)CC3)c2)c2c(n1)C(F)(F)CC2. The van der Waals surface area contributed by atoms with Gasteiger partial charge in [0.15, 0.2) is 0 Å². The molecule has 2 saturated heterocycles. The number of piperidine rings is 1. The van der Waals surface area contributed by atoms with Crippen molar-refractivity contribution in [3.05, 3.63) is 23.7 Å². The molecule has 30 heavy (non-hydrogen) atoms. The van der Waals surface area contributed by atoms with Crippen LogP contribution in [0.1, 0.15) is 49.9 Å². The summed E-state index contributed by atoms with van der Waals surface area (Å²) >= 11 is 0. The van der Waals surface area contributed by atoms with E-state index in [4.69, 9.17) is 10.1 Å². The van der Waals surface area contributed by atoms with Crippen molar-refractivity contribution in [3.63, 3.8) is 0 Å². The van der Waals surface area contributed by atoms with Crippen molar-refractivity contribution in [2.24, 2.45) is 0 Å². The number of likely N-dealkylation sites (tertiary alicyclic amines) is 1. The minimum Gasteiger partial charge on any atom is -0.395 e. The zero-order valence-corrected chi connectivity index (χ0v) is 17.3. The van der Waals surface area contributed by atoms with E-state index in [9.17, 15) is 8.78 Å². The summed E-state index contributed by atoms with van der Waals surface area (Å²) in [6, 6.07) is 0.553. The van der Waals surface area contributed by atoms with E-state index in [1.807, 2.05) is 15.8 Å². The molecule has 1 atom stereocenters. The lowest BCUT2D eigenvalue weighted by Crippen LogP contribution is -2.47. The molecule has 1 unspecified atom stereocenters. The van der Waals surface area contributed by atoms with Crippen LogP contribution in [0.15, 0.2) is 12.4 Å². The molecule has 5 rings (SSSR count). The Labute approximate surface area is 174 Å². The lowest BCUT2D eigenvalue weighted by molar-refractivity contribution is -0.00595. The number of aromatic nitrogens is 4. The van der Waals surface area contributed by atoms with Crippen LogP contribution in [0.25, 0.3) is 11.3 Å². The van der Waals surface area contributed by atoms with Gasteiger partial charge in [-0.15, -0.1) is 0 Å². The Morgan fingerprint density at radius 2 is 1.97 bits per heavy atom. The first kappa shape index (κ1) is 19.8. The van der Waals surface area contributed by atoms with Gasteiger partial charge in [0.2, 0.25) is 5.95 Å². The van der Waals surface area contributed by atoms with Crippen molar-refractivity contribution >= 4 is 5.95 Å². The number of fused-ring (bicyclic) bond motifs is 1. The van der Waals surface area contributed by atoms with Crippen molar-refractivity contribution < 1.29 is 13.9 Å². The second kappa shape index (κ2) is 7.53. The molecule has 1 N–H and O–H groups in total. The van der Waals surface area contributed by atoms with Crippen LogP contribution in [0.5, 0.6) is 0 Å². The second-order valence-corrected chi connectivity index (χ2v) is 8.74. The van der Waals surface area contributed by atoms with Crippen LogP contribution in [0, 0.1) is 0 Å². The molecule has 0 amide bonds. The van der Waals surface area contributed by atoms with E-state index in [0.717, 1.165) is 44.5 Å². The summed E-state index contributed by atoms with van der Waals surface area (Å²) in [5, 5.41) is 13.7. The highest BCUT2D eigenvalue weighted by atomic mass is 19.3. The summed E-state index contributed by atoms with van der Waals surface area (Å²) in [6.45, 7) is 5.60. The van der Waals surface area contributed by atoms with E-state index in [1.54, 1.807) is 6.20 Å². The highest BCUT2D eigenvalue weighted by molar-refractivity contribution is 5.66. The molecule has 2 aromatic rings. The van der Waals surface area contributed by atoms with E-state index in [2.05, 4.69) is 21.9 Å². The molecule has 0 saturated carbocycles. The minimum absolute atomic E-state index is 0.105. The van der Waals surface area contributed by atoms with E-state index in [0.29, 0.717) is 23.8 Å². The van der Waals surface area contributed by atoms with Crippen LogP contribution < -0.4 is 4.90 Å². The molecule has 0 aromatic carbocycles. The van der Waals surface area contributed by atoms with E-state index >= 15 is 0 Å². The fourth-order valence-corrected chi connectivity index (χ4v) is 4.80. The normalized spacial score (nSPS) is 24.1. The Hall–Kier alpha value is -2.13. The Morgan fingerprint density at radius 3 is 2.63 bits per heavy atom. The molecule has 4 heterocycles. The Morgan fingerprint density at radius 1 is 1.17 bits per heavy atom. The summed E-state index contributed by atoms with van der Waals surface area (Å²) in [6.07, 6.45) is 6.73. The van der Waals surface area contributed by atoms with Crippen molar-refractivity contribution in [3.8, 4) is 11.3 Å². The number of hydrogen-bond acceptors (Lipinski definition) is 6. The number of aliphatic hydroxyl groups excluding tert-OH is 1. The summed E-state index contributed by atoms with van der Waals surface area (Å²) in [4.78, 5) is 13.3. The van der Waals surface area contributed by atoms with Crippen LogP contribution in [0.2, 0.25) is 0 Å². The molecule has 7 nitrogen and oxygen atoms in total. The van der Waals surface area contributed by atoms with Gasteiger partial charge in [-0.25, -0.2) is 9.97 Å². The number of rotatable bonds is 5. The highest BCUT2D eigenvalue weighted by Crippen LogP contribution is 2.45. The average Bonchev–Trinajstić information content (AvgIpc) is 3.33. The maximum Gasteiger partial charge on any atom is 0.290 e. The topological polar surface area (TPSA) is 70.3 Å². The van der Waals surface area contributed by atoms with Gasteiger partial charge in [-0.1, -0.05) is 0 Å². The van der Waals surface area contributed by atoms with E-state index in [-0.39, 0.29) is 37.2 Å². The Kier molecular flexibility index (Phi) is 4.97. The van der Waals surface area contributed by atoms with E-state index in [1.165, 1.54) is 0 Å². The van der Waals surface area contributed by atoms with Gasteiger partial charge < -0.3 is 14.9 Å².